The first-order valence-electron chi connectivity index (χ1n) is 12.2. The topological polar surface area (TPSA) is 71.0 Å². The summed E-state index contributed by atoms with van der Waals surface area (Å²) < 4.78 is 24.4. The Morgan fingerprint density at radius 3 is 2.70 bits per heavy atom. The molecule has 1 N–H and O–H groups in total. The van der Waals surface area contributed by atoms with Crippen LogP contribution in [-0.4, -0.2) is 37.5 Å². The lowest BCUT2D eigenvalue weighted by Crippen LogP contribution is -2.26. The molecule has 7 nitrogen and oxygen atoms in total. The predicted octanol–water partition coefficient (Wildman–Crippen LogP) is 5.27. The molecule has 7 heteroatoms. The van der Waals surface area contributed by atoms with Gasteiger partial charge in [-0.2, -0.15) is 0 Å². The highest BCUT2D eigenvalue weighted by molar-refractivity contribution is 6.08. The molecule has 2 heterocycles. The van der Waals surface area contributed by atoms with E-state index in [-0.39, 0.29) is 12.7 Å². The lowest BCUT2D eigenvalue weighted by molar-refractivity contribution is 0.0955. The van der Waals surface area contributed by atoms with E-state index < -0.39 is 0 Å². The number of aromatic nitrogens is 1. The summed E-state index contributed by atoms with van der Waals surface area (Å²) in [4.78, 5) is 13.5. The molecule has 37 heavy (non-hydrogen) atoms. The summed E-state index contributed by atoms with van der Waals surface area (Å²) >= 11 is 0. The van der Waals surface area contributed by atoms with Crippen molar-refractivity contribution in [2.75, 3.05) is 27.1 Å². The fourth-order valence-electron chi connectivity index (χ4n) is 4.68. The van der Waals surface area contributed by atoms with Gasteiger partial charge >= 0.3 is 0 Å². The number of amides is 1. The van der Waals surface area contributed by atoms with Gasteiger partial charge in [-0.1, -0.05) is 36.9 Å². The standard InChI is InChI=1S/C30H30N2O5/c1-4-16-35-24-12-13-26-25(17-24)28(30(33)31-15-14-21-8-10-23(34-3)11-9-21)20(2)32(26)18-22-6-5-7-27-29(22)37-19-36-27/h4-13,17H,1,14-16,18-19H2,2-3H3,(H,31,33). The molecule has 1 amide bonds. The normalized spacial score (nSPS) is 11.9. The summed E-state index contributed by atoms with van der Waals surface area (Å²) in [6.45, 7) is 7.36. The van der Waals surface area contributed by atoms with Crippen LogP contribution in [0.2, 0.25) is 0 Å². The molecule has 5 rings (SSSR count). The van der Waals surface area contributed by atoms with Crippen molar-refractivity contribution in [1.82, 2.24) is 9.88 Å². The van der Waals surface area contributed by atoms with Crippen molar-refractivity contribution < 1.29 is 23.7 Å². The number of hydrogen-bond donors (Lipinski definition) is 1. The Balaban J connectivity index is 1.44. The van der Waals surface area contributed by atoms with Gasteiger partial charge in [-0.3, -0.25) is 4.79 Å². The van der Waals surface area contributed by atoms with Gasteiger partial charge in [0.25, 0.3) is 5.91 Å². The molecule has 0 spiro atoms. The number of fused-ring (bicyclic) bond motifs is 2. The monoisotopic (exact) mass is 498 g/mol. The van der Waals surface area contributed by atoms with E-state index in [1.54, 1.807) is 13.2 Å². The zero-order valence-electron chi connectivity index (χ0n) is 21.1. The number of rotatable bonds is 10. The van der Waals surface area contributed by atoms with Gasteiger partial charge in [-0.15, -0.1) is 0 Å². The first-order valence-corrected chi connectivity index (χ1v) is 12.2. The van der Waals surface area contributed by atoms with Crippen molar-refractivity contribution >= 4 is 16.8 Å². The highest BCUT2D eigenvalue weighted by Crippen LogP contribution is 2.37. The predicted molar refractivity (Wildman–Crippen MR) is 143 cm³/mol. The van der Waals surface area contributed by atoms with Gasteiger partial charge < -0.3 is 28.8 Å². The molecular weight excluding hydrogens is 468 g/mol. The lowest BCUT2D eigenvalue weighted by Gasteiger charge is -2.11. The van der Waals surface area contributed by atoms with E-state index in [0.29, 0.717) is 37.4 Å². The molecule has 0 saturated heterocycles. The second-order valence-corrected chi connectivity index (χ2v) is 8.83. The van der Waals surface area contributed by atoms with Gasteiger partial charge in [0.1, 0.15) is 18.1 Å². The first-order chi connectivity index (χ1) is 18.1. The number of carbonyl (C=O) groups excluding carboxylic acids is 1. The van der Waals surface area contributed by atoms with E-state index in [0.717, 1.165) is 45.0 Å². The first kappa shape index (κ1) is 24.3. The molecule has 3 aromatic carbocycles. The molecule has 0 unspecified atom stereocenters. The van der Waals surface area contributed by atoms with Gasteiger partial charge in [0.15, 0.2) is 11.5 Å². The molecule has 1 aliphatic heterocycles. The minimum Gasteiger partial charge on any atom is -0.497 e. The molecule has 1 aromatic heterocycles. The Morgan fingerprint density at radius 2 is 1.92 bits per heavy atom. The quantitative estimate of drug-likeness (QED) is 0.302. The highest BCUT2D eigenvalue weighted by atomic mass is 16.7. The maximum Gasteiger partial charge on any atom is 0.253 e. The van der Waals surface area contributed by atoms with E-state index in [4.69, 9.17) is 18.9 Å². The van der Waals surface area contributed by atoms with E-state index in [1.165, 1.54) is 0 Å². The van der Waals surface area contributed by atoms with Crippen molar-refractivity contribution in [3.8, 4) is 23.0 Å². The van der Waals surface area contributed by atoms with Crippen LogP contribution in [0.5, 0.6) is 23.0 Å². The third kappa shape index (κ3) is 4.98. The maximum atomic E-state index is 13.5. The maximum absolute atomic E-state index is 13.5. The molecule has 0 saturated carbocycles. The summed E-state index contributed by atoms with van der Waals surface area (Å²) in [6, 6.07) is 19.6. The van der Waals surface area contributed by atoms with Gasteiger partial charge in [0.05, 0.1) is 19.2 Å². The second kappa shape index (κ2) is 10.7. The SMILES string of the molecule is C=CCOc1ccc2c(c1)c(C(=O)NCCc1ccc(OC)cc1)c(C)n2Cc1cccc2c1OCO2. The average molecular weight is 499 g/mol. The van der Waals surface area contributed by atoms with Gasteiger partial charge in [0.2, 0.25) is 6.79 Å². The van der Waals surface area contributed by atoms with Gasteiger partial charge in [-0.25, -0.2) is 0 Å². The van der Waals surface area contributed by atoms with Gasteiger partial charge in [0, 0.05) is 28.7 Å². The Labute approximate surface area is 216 Å². The minimum atomic E-state index is -0.117. The van der Waals surface area contributed by atoms with Crippen molar-refractivity contribution in [3.63, 3.8) is 0 Å². The fourth-order valence-corrected chi connectivity index (χ4v) is 4.68. The van der Waals surface area contributed by atoms with E-state index in [2.05, 4.69) is 16.5 Å². The number of carbonyl (C=O) groups is 1. The molecule has 0 bridgehead atoms. The van der Waals surface area contributed by atoms with Crippen LogP contribution in [0.4, 0.5) is 0 Å². The Morgan fingerprint density at radius 1 is 1.11 bits per heavy atom. The molecule has 190 valence electrons. The highest BCUT2D eigenvalue weighted by Gasteiger charge is 2.23. The van der Waals surface area contributed by atoms with Crippen molar-refractivity contribution in [2.24, 2.45) is 0 Å². The number of hydrogen-bond acceptors (Lipinski definition) is 5. The number of para-hydroxylation sites is 1. The number of nitrogens with one attached hydrogen (secondary N) is 1. The molecular formula is C30H30N2O5. The number of nitrogens with zero attached hydrogens (tertiary/aromatic N) is 1. The summed E-state index contributed by atoms with van der Waals surface area (Å²) in [7, 11) is 1.65. The third-order valence-electron chi connectivity index (χ3n) is 6.55. The molecule has 0 fully saturated rings. The molecule has 1 aliphatic rings. The number of benzene rings is 3. The van der Waals surface area contributed by atoms with Crippen LogP contribution in [-0.2, 0) is 13.0 Å². The summed E-state index contributed by atoms with van der Waals surface area (Å²) in [6.07, 6.45) is 2.42. The van der Waals surface area contributed by atoms with Crippen LogP contribution in [0, 0.1) is 6.92 Å². The number of methoxy groups -OCH3 is 1. The Bertz CT molecular complexity index is 1440. The van der Waals surface area contributed by atoms with Crippen LogP contribution >= 0.6 is 0 Å². The van der Waals surface area contributed by atoms with Crippen molar-refractivity contribution in [3.05, 3.63) is 95.7 Å². The van der Waals surface area contributed by atoms with E-state index in [9.17, 15) is 4.79 Å². The lowest BCUT2D eigenvalue weighted by atomic mass is 10.1. The molecule has 0 radical (unpaired) electrons. The van der Waals surface area contributed by atoms with Crippen molar-refractivity contribution in [1.29, 1.82) is 0 Å². The molecule has 0 atom stereocenters. The van der Waals surface area contributed by atoms with Crippen LogP contribution < -0.4 is 24.3 Å². The zero-order chi connectivity index (χ0) is 25.8. The van der Waals surface area contributed by atoms with Crippen LogP contribution in [0.1, 0.15) is 27.2 Å². The van der Waals surface area contributed by atoms with Crippen LogP contribution in [0.3, 0.4) is 0 Å². The van der Waals surface area contributed by atoms with E-state index in [1.807, 2.05) is 67.6 Å². The third-order valence-corrected chi connectivity index (χ3v) is 6.55. The average Bonchev–Trinajstić information content (AvgIpc) is 3.51. The van der Waals surface area contributed by atoms with Crippen LogP contribution in [0.15, 0.2) is 73.3 Å². The molecule has 0 aliphatic carbocycles. The second-order valence-electron chi connectivity index (χ2n) is 8.83. The minimum absolute atomic E-state index is 0.117. The summed E-state index contributed by atoms with van der Waals surface area (Å²) in [5.74, 6) is 2.87. The Hall–Kier alpha value is -4.39. The number of ether oxygens (including phenoxy) is 4. The van der Waals surface area contributed by atoms with Crippen LogP contribution in [0.25, 0.3) is 10.9 Å². The summed E-state index contributed by atoms with van der Waals surface area (Å²) in [5, 5.41) is 3.94. The van der Waals surface area contributed by atoms with Crippen molar-refractivity contribution in [2.45, 2.75) is 19.9 Å². The summed E-state index contributed by atoms with van der Waals surface area (Å²) in [5.41, 5.74) is 4.57. The smallest absolute Gasteiger partial charge is 0.253 e. The van der Waals surface area contributed by atoms with E-state index >= 15 is 0 Å². The zero-order valence-corrected chi connectivity index (χ0v) is 21.1. The van der Waals surface area contributed by atoms with Gasteiger partial charge in [-0.05, 0) is 55.3 Å². The Kier molecular flexibility index (Phi) is 7.03. The largest absolute Gasteiger partial charge is 0.497 e. The molecule has 4 aromatic rings. The fraction of sp³-hybridized carbons (Fsp3) is 0.233.